The fourth-order valence-electron chi connectivity index (χ4n) is 3.96. The summed E-state index contributed by atoms with van der Waals surface area (Å²) >= 11 is 0. The van der Waals surface area contributed by atoms with E-state index in [0.717, 1.165) is 0 Å². The number of hydrogen-bond acceptors (Lipinski definition) is 5. The van der Waals surface area contributed by atoms with Crippen LogP contribution in [0, 0.1) is 17.8 Å². The Morgan fingerprint density at radius 3 is 2.67 bits per heavy atom. The average molecular weight is 437 g/mol. The minimum absolute atomic E-state index is 0.0168. The van der Waals surface area contributed by atoms with Gasteiger partial charge in [0, 0.05) is 24.3 Å². The first kappa shape index (κ1) is 22.1. The molecule has 0 saturated carbocycles. The summed E-state index contributed by atoms with van der Waals surface area (Å²) in [6.45, 7) is 4.20. The van der Waals surface area contributed by atoms with Crippen LogP contribution in [-0.2, 0) is 25.8 Å². The van der Waals surface area contributed by atoms with Gasteiger partial charge in [0.1, 0.15) is 11.6 Å². The summed E-state index contributed by atoms with van der Waals surface area (Å²) in [5.74, 6) is -2.00. The van der Waals surface area contributed by atoms with E-state index in [1.807, 2.05) is 26.0 Å². The van der Waals surface area contributed by atoms with Gasteiger partial charge in [-0.1, -0.05) is 26.0 Å². The molecule has 3 atom stereocenters. The quantitative estimate of drug-likeness (QED) is 0.341. The second-order valence-electron chi connectivity index (χ2n) is 8.37. The Balaban J connectivity index is 1.50. The van der Waals surface area contributed by atoms with E-state index in [4.69, 9.17) is 5.73 Å². The van der Waals surface area contributed by atoms with Crippen LogP contribution in [0.2, 0.25) is 0 Å². The third kappa shape index (κ3) is 4.75. The lowest BCUT2D eigenvalue weighted by atomic mass is 9.95. The average Bonchev–Trinajstić information content (AvgIpc) is 3.35. The number of primary amides is 1. The molecule has 3 rings (SSSR count). The highest BCUT2D eigenvalue weighted by molar-refractivity contribution is 7.91. The van der Waals surface area contributed by atoms with Gasteiger partial charge in [0.15, 0.2) is 9.84 Å². The van der Waals surface area contributed by atoms with E-state index in [-0.39, 0.29) is 46.0 Å². The minimum Gasteiger partial charge on any atom is -0.369 e. The Morgan fingerprint density at radius 2 is 2.00 bits per heavy atom. The Kier molecular flexibility index (Phi) is 6.35. The highest BCUT2D eigenvalue weighted by Crippen LogP contribution is 2.28. The van der Waals surface area contributed by atoms with E-state index in [1.165, 1.54) is 6.20 Å². The maximum atomic E-state index is 12.5. The fourth-order valence-corrected chi connectivity index (χ4v) is 5.47. The molecule has 1 aromatic heterocycles. The number of aromatic nitrogens is 1. The first-order chi connectivity index (χ1) is 14.1. The van der Waals surface area contributed by atoms with Crippen LogP contribution in [0.4, 0.5) is 0 Å². The van der Waals surface area contributed by atoms with Crippen LogP contribution in [0.5, 0.6) is 0 Å². The molecule has 0 saturated heterocycles. The molecule has 1 unspecified atom stereocenters. The van der Waals surface area contributed by atoms with Crippen LogP contribution in [0.1, 0.15) is 42.7 Å². The smallest absolute Gasteiger partial charge is 0.268 e. The molecule has 9 nitrogen and oxygen atoms in total. The van der Waals surface area contributed by atoms with Crippen molar-refractivity contribution >= 4 is 27.6 Å². The number of aromatic amines is 1. The molecule has 5 N–H and O–H groups in total. The molecule has 1 aromatic rings. The molecule has 2 aliphatic rings. The maximum absolute atomic E-state index is 12.5. The third-order valence-corrected chi connectivity index (χ3v) is 7.30. The minimum atomic E-state index is -3.28. The van der Waals surface area contributed by atoms with E-state index in [9.17, 15) is 22.8 Å². The van der Waals surface area contributed by atoms with Crippen molar-refractivity contribution in [2.45, 2.75) is 44.0 Å². The summed E-state index contributed by atoms with van der Waals surface area (Å²) in [6, 6.07) is -0.228. The van der Waals surface area contributed by atoms with Crippen molar-refractivity contribution in [3.63, 3.8) is 0 Å². The second kappa shape index (κ2) is 8.63. The van der Waals surface area contributed by atoms with Crippen LogP contribution in [-0.4, -0.2) is 49.5 Å². The van der Waals surface area contributed by atoms with E-state index < -0.39 is 21.7 Å². The fraction of sp³-hybridized carbons (Fsp3) is 0.550. The topological polar surface area (TPSA) is 151 Å². The van der Waals surface area contributed by atoms with Crippen molar-refractivity contribution in [1.29, 1.82) is 0 Å². The molecule has 2 heterocycles. The Labute approximate surface area is 175 Å². The van der Waals surface area contributed by atoms with Gasteiger partial charge in [0.25, 0.3) is 5.91 Å². The molecule has 164 valence electrons. The summed E-state index contributed by atoms with van der Waals surface area (Å²) in [5, 5.41) is 5.66. The zero-order chi connectivity index (χ0) is 22.1. The van der Waals surface area contributed by atoms with Gasteiger partial charge in [0.05, 0.1) is 10.6 Å². The molecule has 3 amide bonds. The monoisotopic (exact) mass is 436 g/mol. The van der Waals surface area contributed by atoms with Gasteiger partial charge in [0.2, 0.25) is 11.8 Å². The van der Waals surface area contributed by atoms with Gasteiger partial charge in [-0.05, 0) is 31.1 Å². The van der Waals surface area contributed by atoms with Crippen molar-refractivity contribution in [2.24, 2.45) is 23.5 Å². The van der Waals surface area contributed by atoms with Gasteiger partial charge in [-0.25, -0.2) is 8.42 Å². The molecule has 0 radical (unpaired) electrons. The predicted octanol–water partition coefficient (Wildman–Crippen LogP) is 0.283. The van der Waals surface area contributed by atoms with Crippen molar-refractivity contribution < 1.29 is 22.8 Å². The van der Waals surface area contributed by atoms with Crippen LogP contribution >= 0.6 is 0 Å². The Hall–Kier alpha value is -2.62. The molecule has 30 heavy (non-hydrogen) atoms. The van der Waals surface area contributed by atoms with Gasteiger partial charge < -0.3 is 21.4 Å². The molecule has 0 spiro atoms. The molecule has 1 aliphatic carbocycles. The lowest BCUT2D eigenvalue weighted by Gasteiger charge is -2.19. The standard InChI is InChI=1S/C20H28N4O5S/c1-11(2)7-15(18(21)25)19(26)24-13-4-3-12(8-13)9-23-20(27)17-14-5-6-30(28,29)16(14)10-22-17/h3-4,10-13,15,22H,5-9H2,1-2H3,(H2,21,25)(H,23,27)(H,24,26)/t12-,13+,15?/m0/s1. The molecular weight excluding hydrogens is 408 g/mol. The molecule has 1 aliphatic heterocycles. The van der Waals surface area contributed by atoms with E-state index in [1.54, 1.807) is 0 Å². The zero-order valence-corrected chi connectivity index (χ0v) is 17.9. The van der Waals surface area contributed by atoms with Crippen molar-refractivity contribution in [1.82, 2.24) is 15.6 Å². The van der Waals surface area contributed by atoms with Crippen LogP contribution < -0.4 is 16.4 Å². The number of amides is 3. The van der Waals surface area contributed by atoms with Gasteiger partial charge in [-0.2, -0.15) is 0 Å². The largest absolute Gasteiger partial charge is 0.369 e. The highest BCUT2D eigenvalue weighted by Gasteiger charge is 2.32. The summed E-state index contributed by atoms with van der Waals surface area (Å²) in [6.07, 6.45) is 6.46. The molecule has 10 heteroatoms. The normalized spacial score (nSPS) is 22.6. The van der Waals surface area contributed by atoms with Gasteiger partial charge in [-0.15, -0.1) is 0 Å². The lowest BCUT2D eigenvalue weighted by molar-refractivity contribution is -0.134. The van der Waals surface area contributed by atoms with Crippen molar-refractivity contribution in [2.75, 3.05) is 12.3 Å². The number of hydrogen-bond donors (Lipinski definition) is 4. The third-order valence-electron chi connectivity index (χ3n) is 5.52. The van der Waals surface area contributed by atoms with E-state index in [0.29, 0.717) is 31.4 Å². The Morgan fingerprint density at radius 1 is 1.27 bits per heavy atom. The highest BCUT2D eigenvalue weighted by atomic mass is 32.2. The first-order valence-corrected chi connectivity index (χ1v) is 11.7. The second-order valence-corrected chi connectivity index (χ2v) is 10.4. The summed E-state index contributed by atoms with van der Waals surface area (Å²) < 4.78 is 23.8. The number of nitrogens with two attached hydrogens (primary N) is 1. The van der Waals surface area contributed by atoms with Crippen molar-refractivity contribution in [3.05, 3.63) is 29.6 Å². The van der Waals surface area contributed by atoms with Crippen molar-refractivity contribution in [3.8, 4) is 0 Å². The number of carbonyl (C=O) groups excluding carboxylic acids is 3. The number of fused-ring (bicyclic) bond motifs is 1. The summed E-state index contributed by atoms with van der Waals surface area (Å²) in [5.41, 5.74) is 6.20. The van der Waals surface area contributed by atoms with E-state index >= 15 is 0 Å². The number of rotatable bonds is 8. The van der Waals surface area contributed by atoms with Gasteiger partial charge in [-0.3, -0.25) is 14.4 Å². The van der Waals surface area contributed by atoms with E-state index in [2.05, 4.69) is 15.6 Å². The number of H-pyrrole nitrogens is 1. The first-order valence-electron chi connectivity index (χ1n) is 10.1. The van der Waals surface area contributed by atoms with Gasteiger partial charge >= 0.3 is 0 Å². The number of nitrogens with one attached hydrogen (secondary N) is 3. The Bertz CT molecular complexity index is 979. The number of sulfone groups is 1. The molecule has 0 aromatic carbocycles. The molecule has 0 fully saturated rings. The summed E-state index contributed by atoms with van der Waals surface area (Å²) in [4.78, 5) is 39.4. The van der Waals surface area contributed by atoms with Crippen LogP contribution in [0.15, 0.2) is 23.2 Å². The van der Waals surface area contributed by atoms with Crippen LogP contribution in [0.25, 0.3) is 0 Å². The summed E-state index contributed by atoms with van der Waals surface area (Å²) in [7, 11) is -3.28. The molecule has 0 bridgehead atoms. The predicted molar refractivity (Wildman–Crippen MR) is 110 cm³/mol. The molecular formula is C20H28N4O5S. The zero-order valence-electron chi connectivity index (χ0n) is 17.1. The van der Waals surface area contributed by atoms with Crippen LogP contribution in [0.3, 0.4) is 0 Å². The lowest BCUT2D eigenvalue weighted by Crippen LogP contribution is -2.43. The number of carbonyl (C=O) groups is 3. The maximum Gasteiger partial charge on any atom is 0.268 e. The SMILES string of the molecule is CC(C)CC(C(N)=O)C(=O)N[C@@H]1C=C[C@H](CNC(=O)c2[nH]cc3c2CCS3(=O)=O)C1.